The van der Waals surface area contributed by atoms with Gasteiger partial charge in [-0.2, -0.15) is 4.98 Å². The SMILES string of the molecule is CS(=O)(=O)Cc1noc(CC2CCCCC2O)n1. The molecule has 0 aromatic carbocycles. The fourth-order valence-electron chi connectivity index (χ4n) is 2.32. The lowest BCUT2D eigenvalue weighted by atomic mass is 9.84. The number of sulfone groups is 1. The van der Waals surface area contributed by atoms with Crippen LogP contribution in [0.4, 0.5) is 0 Å². The minimum Gasteiger partial charge on any atom is -0.393 e. The second-order valence-electron chi connectivity index (χ2n) is 4.99. The first-order chi connectivity index (χ1) is 8.44. The van der Waals surface area contributed by atoms with Gasteiger partial charge in [-0.05, 0) is 18.8 Å². The molecule has 102 valence electrons. The quantitative estimate of drug-likeness (QED) is 0.869. The molecule has 0 spiro atoms. The summed E-state index contributed by atoms with van der Waals surface area (Å²) in [6.45, 7) is 0. The third kappa shape index (κ3) is 3.78. The highest BCUT2D eigenvalue weighted by Gasteiger charge is 2.25. The number of aliphatic hydroxyl groups is 1. The zero-order valence-corrected chi connectivity index (χ0v) is 11.2. The van der Waals surface area contributed by atoms with E-state index in [-0.39, 0.29) is 23.6 Å². The molecule has 0 radical (unpaired) electrons. The van der Waals surface area contributed by atoms with Gasteiger partial charge in [0.05, 0.1) is 6.10 Å². The van der Waals surface area contributed by atoms with Crippen LogP contribution < -0.4 is 0 Å². The van der Waals surface area contributed by atoms with Crippen LogP contribution >= 0.6 is 0 Å². The van der Waals surface area contributed by atoms with E-state index in [2.05, 4.69) is 10.1 Å². The summed E-state index contributed by atoms with van der Waals surface area (Å²) in [5.74, 6) is 0.548. The standard InChI is InChI=1S/C11H18N2O4S/c1-18(15,16)7-10-12-11(17-13-10)6-8-4-2-3-5-9(8)14/h8-9,14H,2-7H2,1H3. The number of hydrogen-bond acceptors (Lipinski definition) is 6. The predicted octanol–water partition coefficient (Wildman–Crippen LogP) is 0.708. The van der Waals surface area contributed by atoms with E-state index in [1.54, 1.807) is 0 Å². The molecule has 1 heterocycles. The smallest absolute Gasteiger partial charge is 0.227 e. The van der Waals surface area contributed by atoms with Gasteiger partial charge >= 0.3 is 0 Å². The molecule has 2 rings (SSSR count). The first-order valence-electron chi connectivity index (χ1n) is 6.11. The van der Waals surface area contributed by atoms with Crippen LogP contribution in [0.2, 0.25) is 0 Å². The normalized spacial score (nSPS) is 25.2. The molecule has 1 aliphatic rings. The Morgan fingerprint density at radius 3 is 2.78 bits per heavy atom. The van der Waals surface area contributed by atoms with E-state index >= 15 is 0 Å². The molecule has 1 saturated carbocycles. The Bertz CT molecular complexity index is 497. The van der Waals surface area contributed by atoms with Gasteiger partial charge in [0.1, 0.15) is 5.75 Å². The highest BCUT2D eigenvalue weighted by molar-refractivity contribution is 7.89. The largest absolute Gasteiger partial charge is 0.393 e. The van der Waals surface area contributed by atoms with Gasteiger partial charge in [-0.1, -0.05) is 18.0 Å². The summed E-state index contributed by atoms with van der Waals surface area (Å²) in [7, 11) is -3.14. The maximum Gasteiger partial charge on any atom is 0.227 e. The molecule has 0 saturated heterocycles. The van der Waals surface area contributed by atoms with Gasteiger partial charge in [-0.15, -0.1) is 0 Å². The zero-order chi connectivity index (χ0) is 13.2. The van der Waals surface area contributed by atoms with Crippen molar-refractivity contribution in [3.63, 3.8) is 0 Å². The summed E-state index contributed by atoms with van der Waals surface area (Å²) in [5.41, 5.74) is 0. The van der Waals surface area contributed by atoms with Crippen LogP contribution in [0.3, 0.4) is 0 Å². The maximum atomic E-state index is 11.1. The Morgan fingerprint density at radius 2 is 2.11 bits per heavy atom. The maximum absolute atomic E-state index is 11.1. The summed E-state index contributed by atoms with van der Waals surface area (Å²) >= 11 is 0. The van der Waals surface area contributed by atoms with Crippen molar-refractivity contribution in [1.82, 2.24) is 10.1 Å². The van der Waals surface area contributed by atoms with Crippen LogP contribution in [0.25, 0.3) is 0 Å². The van der Waals surface area contributed by atoms with Gasteiger partial charge in [0.15, 0.2) is 15.7 Å². The number of aromatic nitrogens is 2. The fourth-order valence-corrected chi connectivity index (χ4v) is 2.90. The predicted molar refractivity (Wildman–Crippen MR) is 64.5 cm³/mol. The minimum absolute atomic E-state index is 0.144. The number of nitrogens with zero attached hydrogens (tertiary/aromatic N) is 2. The number of rotatable bonds is 4. The lowest BCUT2D eigenvalue weighted by Crippen LogP contribution is -2.26. The van der Waals surface area contributed by atoms with Gasteiger partial charge in [-0.3, -0.25) is 0 Å². The van der Waals surface area contributed by atoms with E-state index in [1.807, 2.05) is 0 Å². The van der Waals surface area contributed by atoms with Gasteiger partial charge in [0.2, 0.25) is 5.89 Å². The van der Waals surface area contributed by atoms with Crippen molar-refractivity contribution in [2.45, 2.75) is 44.0 Å². The van der Waals surface area contributed by atoms with Crippen molar-refractivity contribution in [3.05, 3.63) is 11.7 Å². The second-order valence-corrected chi connectivity index (χ2v) is 7.13. The summed E-state index contributed by atoms with van der Waals surface area (Å²) in [6, 6.07) is 0. The Balaban J connectivity index is 1.98. The van der Waals surface area contributed by atoms with Gasteiger partial charge < -0.3 is 9.63 Å². The van der Waals surface area contributed by atoms with Crippen molar-refractivity contribution >= 4 is 9.84 Å². The van der Waals surface area contributed by atoms with E-state index in [4.69, 9.17) is 4.52 Å². The average molecular weight is 274 g/mol. The van der Waals surface area contributed by atoms with Crippen LogP contribution in [0.5, 0.6) is 0 Å². The average Bonchev–Trinajstić information content (AvgIpc) is 2.66. The van der Waals surface area contributed by atoms with Crippen molar-refractivity contribution in [1.29, 1.82) is 0 Å². The molecular formula is C11H18N2O4S. The van der Waals surface area contributed by atoms with Gasteiger partial charge in [0, 0.05) is 12.7 Å². The lowest BCUT2D eigenvalue weighted by molar-refractivity contribution is 0.0657. The molecular weight excluding hydrogens is 256 g/mol. The highest BCUT2D eigenvalue weighted by atomic mass is 32.2. The first kappa shape index (κ1) is 13.5. The van der Waals surface area contributed by atoms with E-state index < -0.39 is 9.84 Å². The lowest BCUT2D eigenvalue weighted by Gasteiger charge is -2.26. The molecule has 0 amide bonds. The van der Waals surface area contributed by atoms with Gasteiger partial charge in [0.25, 0.3) is 0 Å². The molecule has 0 aliphatic heterocycles. The molecule has 7 heteroatoms. The molecule has 1 aromatic heterocycles. The number of aliphatic hydroxyl groups excluding tert-OH is 1. The molecule has 18 heavy (non-hydrogen) atoms. The van der Waals surface area contributed by atoms with Crippen molar-refractivity contribution < 1.29 is 18.0 Å². The van der Waals surface area contributed by atoms with E-state index in [9.17, 15) is 13.5 Å². The molecule has 2 unspecified atom stereocenters. The third-order valence-electron chi connectivity index (χ3n) is 3.21. The van der Waals surface area contributed by atoms with Crippen molar-refractivity contribution in [3.8, 4) is 0 Å². The molecule has 6 nitrogen and oxygen atoms in total. The Hall–Kier alpha value is -0.950. The van der Waals surface area contributed by atoms with E-state index in [0.29, 0.717) is 12.3 Å². The molecule has 2 atom stereocenters. The van der Waals surface area contributed by atoms with Gasteiger partial charge in [-0.25, -0.2) is 8.42 Å². The van der Waals surface area contributed by atoms with Crippen LogP contribution in [0, 0.1) is 5.92 Å². The summed E-state index contributed by atoms with van der Waals surface area (Å²) in [4.78, 5) is 4.06. The van der Waals surface area contributed by atoms with Crippen LogP contribution in [-0.4, -0.2) is 36.0 Å². The van der Waals surface area contributed by atoms with Crippen LogP contribution in [-0.2, 0) is 22.0 Å². The molecule has 0 bridgehead atoms. The summed E-state index contributed by atoms with van der Waals surface area (Å²) < 4.78 is 27.2. The third-order valence-corrected chi connectivity index (χ3v) is 3.99. The van der Waals surface area contributed by atoms with Crippen molar-refractivity contribution in [2.24, 2.45) is 5.92 Å². The van der Waals surface area contributed by atoms with E-state index in [0.717, 1.165) is 31.9 Å². The Labute approximate surface area is 106 Å². The monoisotopic (exact) mass is 274 g/mol. The molecule has 1 N–H and O–H groups in total. The fraction of sp³-hybridized carbons (Fsp3) is 0.818. The molecule has 1 aliphatic carbocycles. The number of hydrogen-bond donors (Lipinski definition) is 1. The van der Waals surface area contributed by atoms with Crippen molar-refractivity contribution in [2.75, 3.05) is 6.26 Å². The topological polar surface area (TPSA) is 93.3 Å². The first-order valence-corrected chi connectivity index (χ1v) is 8.17. The van der Waals surface area contributed by atoms with Crippen LogP contribution in [0.15, 0.2) is 4.52 Å². The molecule has 1 aromatic rings. The summed E-state index contributed by atoms with van der Waals surface area (Å²) in [5, 5.41) is 13.5. The second kappa shape index (κ2) is 5.36. The zero-order valence-electron chi connectivity index (χ0n) is 10.4. The van der Waals surface area contributed by atoms with E-state index in [1.165, 1.54) is 0 Å². The Kier molecular flexibility index (Phi) is 4.01. The minimum atomic E-state index is -3.14. The van der Waals surface area contributed by atoms with Crippen LogP contribution in [0.1, 0.15) is 37.4 Å². The molecule has 1 fully saturated rings. The summed E-state index contributed by atoms with van der Waals surface area (Å²) in [6.07, 6.45) is 5.27. The Morgan fingerprint density at radius 1 is 1.39 bits per heavy atom. The highest BCUT2D eigenvalue weighted by Crippen LogP contribution is 2.27.